The van der Waals surface area contributed by atoms with Crippen LogP contribution in [0.25, 0.3) is 5.69 Å². The second kappa shape index (κ2) is 8.43. The van der Waals surface area contributed by atoms with E-state index in [1.807, 2.05) is 54.6 Å². The van der Waals surface area contributed by atoms with Gasteiger partial charge in [-0.1, -0.05) is 37.3 Å². The number of thioether (sulfide) groups is 1. The van der Waals surface area contributed by atoms with E-state index in [0.29, 0.717) is 11.5 Å². The van der Waals surface area contributed by atoms with Crippen LogP contribution in [0.5, 0.6) is 0 Å². The zero-order valence-electron chi connectivity index (χ0n) is 13.9. The molecule has 0 saturated carbocycles. The molecule has 1 heterocycles. The minimum atomic E-state index is -0.0343. The molecule has 7 heteroatoms. The number of benzene rings is 2. The van der Waals surface area contributed by atoms with Crippen molar-refractivity contribution in [3.8, 4) is 5.69 Å². The number of aryl methyl sites for hydroxylation is 1. The van der Waals surface area contributed by atoms with Crippen molar-refractivity contribution in [2.24, 2.45) is 0 Å². The maximum Gasteiger partial charge on any atom is 0.234 e. The van der Waals surface area contributed by atoms with Crippen molar-refractivity contribution >= 4 is 23.4 Å². The number of carbonyl (C=O) groups is 1. The zero-order valence-corrected chi connectivity index (χ0v) is 14.7. The molecule has 3 aromatic rings. The van der Waals surface area contributed by atoms with E-state index >= 15 is 0 Å². The van der Waals surface area contributed by atoms with Crippen molar-refractivity contribution in [1.29, 1.82) is 0 Å². The number of hydrogen-bond donors (Lipinski definition) is 1. The van der Waals surface area contributed by atoms with Gasteiger partial charge in [0.05, 0.1) is 17.2 Å². The Morgan fingerprint density at radius 3 is 2.60 bits per heavy atom. The summed E-state index contributed by atoms with van der Waals surface area (Å²) in [4.78, 5) is 12.1. The van der Waals surface area contributed by atoms with E-state index in [2.05, 4.69) is 27.8 Å². The van der Waals surface area contributed by atoms with Crippen molar-refractivity contribution in [1.82, 2.24) is 20.2 Å². The Kier molecular flexibility index (Phi) is 5.79. The summed E-state index contributed by atoms with van der Waals surface area (Å²) >= 11 is 1.48. The highest BCUT2D eigenvalue weighted by atomic mass is 32.2. The lowest BCUT2D eigenvalue weighted by atomic mass is 10.1. The Hall–Kier alpha value is -2.67. The highest BCUT2D eigenvalue weighted by molar-refractivity contribution is 7.99. The average molecular weight is 353 g/mol. The number of aromatic nitrogens is 4. The summed E-state index contributed by atoms with van der Waals surface area (Å²) in [7, 11) is 0. The van der Waals surface area contributed by atoms with Crippen LogP contribution in [0.2, 0.25) is 0 Å². The normalized spacial score (nSPS) is 10.6. The molecule has 0 saturated heterocycles. The molecule has 0 radical (unpaired) electrons. The third-order valence-electron chi connectivity index (χ3n) is 3.65. The molecule has 128 valence electrons. The van der Waals surface area contributed by atoms with Gasteiger partial charge >= 0.3 is 0 Å². The molecular formula is C18H19N5OS. The third-order valence-corrected chi connectivity index (χ3v) is 4.57. The van der Waals surface area contributed by atoms with Crippen molar-refractivity contribution < 1.29 is 4.79 Å². The molecule has 1 aromatic heterocycles. The van der Waals surface area contributed by atoms with Gasteiger partial charge < -0.3 is 5.32 Å². The first-order chi connectivity index (χ1) is 12.3. The standard InChI is InChI=1S/C18H19N5OS/c1-2-14-8-10-15(11-9-14)19-18(24)13-25-12-17-20-21-22-23(17)16-6-4-3-5-7-16/h3-11H,2,12-13H2,1H3,(H,19,24). The summed E-state index contributed by atoms with van der Waals surface area (Å²) in [6.45, 7) is 2.10. The van der Waals surface area contributed by atoms with E-state index in [1.165, 1.54) is 17.3 Å². The van der Waals surface area contributed by atoms with Crippen LogP contribution in [0, 0.1) is 0 Å². The first kappa shape index (κ1) is 17.2. The monoisotopic (exact) mass is 353 g/mol. The average Bonchev–Trinajstić information content (AvgIpc) is 3.11. The second-order valence-electron chi connectivity index (χ2n) is 5.43. The van der Waals surface area contributed by atoms with E-state index < -0.39 is 0 Å². The van der Waals surface area contributed by atoms with Crippen LogP contribution in [-0.2, 0) is 17.0 Å². The smallest absolute Gasteiger partial charge is 0.234 e. The van der Waals surface area contributed by atoms with Gasteiger partial charge in [0.25, 0.3) is 0 Å². The summed E-state index contributed by atoms with van der Waals surface area (Å²) in [5, 5.41) is 14.7. The van der Waals surface area contributed by atoms with Crippen LogP contribution >= 0.6 is 11.8 Å². The van der Waals surface area contributed by atoms with Crippen molar-refractivity contribution in [3.63, 3.8) is 0 Å². The second-order valence-corrected chi connectivity index (χ2v) is 6.42. The van der Waals surface area contributed by atoms with Crippen molar-refractivity contribution in [3.05, 3.63) is 66.0 Å². The van der Waals surface area contributed by atoms with Gasteiger partial charge in [-0.25, -0.2) is 0 Å². The molecule has 6 nitrogen and oxygen atoms in total. The predicted octanol–water partition coefficient (Wildman–Crippen LogP) is 3.10. The minimum Gasteiger partial charge on any atom is -0.325 e. The molecule has 0 fully saturated rings. The zero-order chi connectivity index (χ0) is 17.5. The number of nitrogens with zero attached hydrogens (tertiary/aromatic N) is 4. The fourth-order valence-corrected chi connectivity index (χ4v) is 3.04. The summed E-state index contributed by atoms with van der Waals surface area (Å²) in [6, 6.07) is 17.6. The van der Waals surface area contributed by atoms with E-state index in [4.69, 9.17) is 0 Å². The highest BCUT2D eigenvalue weighted by Crippen LogP contribution is 2.15. The predicted molar refractivity (Wildman–Crippen MR) is 99.8 cm³/mol. The molecule has 0 aliphatic rings. The van der Waals surface area contributed by atoms with Crippen LogP contribution in [0.1, 0.15) is 18.3 Å². The number of para-hydroxylation sites is 1. The highest BCUT2D eigenvalue weighted by Gasteiger charge is 2.09. The Morgan fingerprint density at radius 2 is 1.88 bits per heavy atom. The van der Waals surface area contributed by atoms with Crippen LogP contribution in [-0.4, -0.2) is 31.9 Å². The Morgan fingerprint density at radius 1 is 1.12 bits per heavy atom. The molecule has 0 aliphatic heterocycles. The lowest BCUT2D eigenvalue weighted by Gasteiger charge is -2.06. The van der Waals surface area contributed by atoms with Gasteiger partial charge in [-0.15, -0.1) is 16.9 Å². The molecule has 0 atom stereocenters. The lowest BCUT2D eigenvalue weighted by Crippen LogP contribution is -2.14. The van der Waals surface area contributed by atoms with Crippen LogP contribution < -0.4 is 5.32 Å². The van der Waals surface area contributed by atoms with Crippen LogP contribution in [0.4, 0.5) is 5.69 Å². The third kappa shape index (κ3) is 4.67. The molecule has 0 unspecified atom stereocenters. The van der Waals surface area contributed by atoms with Crippen molar-refractivity contribution in [2.75, 3.05) is 11.1 Å². The van der Waals surface area contributed by atoms with Crippen LogP contribution in [0.3, 0.4) is 0 Å². The topological polar surface area (TPSA) is 72.7 Å². The van der Waals surface area contributed by atoms with Gasteiger partial charge in [-0.2, -0.15) is 4.68 Å². The molecule has 2 aromatic carbocycles. The summed E-state index contributed by atoms with van der Waals surface area (Å²) in [5.74, 6) is 1.59. The summed E-state index contributed by atoms with van der Waals surface area (Å²) in [5.41, 5.74) is 2.97. The van der Waals surface area contributed by atoms with Gasteiger partial charge in [0.1, 0.15) is 0 Å². The fraction of sp³-hybridized carbons (Fsp3) is 0.222. The molecule has 0 bridgehead atoms. The van der Waals surface area contributed by atoms with E-state index in [-0.39, 0.29) is 5.91 Å². The number of carbonyl (C=O) groups excluding carboxylic acids is 1. The first-order valence-electron chi connectivity index (χ1n) is 8.05. The van der Waals surface area contributed by atoms with Gasteiger partial charge in [0, 0.05) is 5.69 Å². The fourth-order valence-electron chi connectivity index (χ4n) is 2.32. The first-order valence-corrected chi connectivity index (χ1v) is 9.21. The number of hydrogen-bond acceptors (Lipinski definition) is 5. The number of anilines is 1. The number of nitrogens with one attached hydrogen (secondary N) is 1. The number of amides is 1. The maximum atomic E-state index is 12.1. The molecule has 25 heavy (non-hydrogen) atoms. The van der Waals surface area contributed by atoms with Gasteiger partial charge in [0.15, 0.2) is 5.82 Å². The van der Waals surface area contributed by atoms with E-state index in [0.717, 1.165) is 23.6 Å². The summed E-state index contributed by atoms with van der Waals surface area (Å²) in [6.07, 6.45) is 0.986. The quantitative estimate of drug-likeness (QED) is 0.707. The Labute approximate surface area is 150 Å². The molecule has 1 N–H and O–H groups in total. The van der Waals surface area contributed by atoms with Gasteiger partial charge in [-0.05, 0) is 46.7 Å². The largest absolute Gasteiger partial charge is 0.325 e. The van der Waals surface area contributed by atoms with Crippen molar-refractivity contribution in [2.45, 2.75) is 19.1 Å². The maximum absolute atomic E-state index is 12.1. The summed E-state index contributed by atoms with van der Waals surface area (Å²) < 4.78 is 1.69. The van der Waals surface area contributed by atoms with Gasteiger partial charge in [-0.3, -0.25) is 4.79 Å². The number of tetrazole rings is 1. The number of rotatable bonds is 7. The van der Waals surface area contributed by atoms with E-state index in [1.54, 1.807) is 4.68 Å². The van der Waals surface area contributed by atoms with E-state index in [9.17, 15) is 4.79 Å². The minimum absolute atomic E-state index is 0.0343. The molecular weight excluding hydrogens is 334 g/mol. The Balaban J connectivity index is 1.51. The molecule has 1 amide bonds. The Bertz CT molecular complexity index is 817. The molecule has 3 rings (SSSR count). The molecule has 0 aliphatic carbocycles. The SMILES string of the molecule is CCc1ccc(NC(=O)CSCc2nnnn2-c2ccccc2)cc1. The molecule has 0 spiro atoms. The van der Waals surface area contributed by atoms with Gasteiger partial charge in [0.2, 0.25) is 5.91 Å². The van der Waals surface area contributed by atoms with Crippen LogP contribution in [0.15, 0.2) is 54.6 Å². The lowest BCUT2D eigenvalue weighted by molar-refractivity contribution is -0.113.